The zero-order chi connectivity index (χ0) is 12.3. The van der Waals surface area contributed by atoms with Gasteiger partial charge in [-0.1, -0.05) is 18.2 Å². The fourth-order valence-corrected chi connectivity index (χ4v) is 1.52. The maximum absolute atomic E-state index is 9.61. The molecule has 0 saturated heterocycles. The number of phenols is 1. The number of azo groups is 1. The number of benzene rings is 2. The van der Waals surface area contributed by atoms with Crippen molar-refractivity contribution < 1.29 is 5.11 Å². The van der Waals surface area contributed by atoms with Crippen molar-refractivity contribution in [2.45, 2.75) is 13.8 Å². The molecule has 86 valence electrons. The first-order valence-electron chi connectivity index (χ1n) is 5.43. The van der Waals surface area contributed by atoms with Gasteiger partial charge in [-0.25, -0.2) is 0 Å². The summed E-state index contributed by atoms with van der Waals surface area (Å²) >= 11 is 0. The highest BCUT2D eigenvalue weighted by Crippen LogP contribution is 2.28. The Hall–Kier alpha value is -2.16. The van der Waals surface area contributed by atoms with Gasteiger partial charge in [-0.2, -0.15) is 5.11 Å². The molecule has 0 radical (unpaired) electrons. The van der Waals surface area contributed by atoms with Crippen LogP contribution in [0.5, 0.6) is 5.75 Å². The molecule has 3 nitrogen and oxygen atoms in total. The van der Waals surface area contributed by atoms with Gasteiger partial charge in [-0.15, -0.1) is 5.11 Å². The molecule has 0 saturated carbocycles. The summed E-state index contributed by atoms with van der Waals surface area (Å²) in [5.41, 5.74) is 3.45. The molecule has 0 amide bonds. The number of hydrogen-bond donors (Lipinski definition) is 1. The average molecular weight is 226 g/mol. The minimum Gasteiger partial charge on any atom is -0.506 e. The molecule has 0 spiro atoms. The van der Waals surface area contributed by atoms with Gasteiger partial charge in [-0.3, -0.25) is 0 Å². The van der Waals surface area contributed by atoms with Crippen molar-refractivity contribution in [2.75, 3.05) is 0 Å². The van der Waals surface area contributed by atoms with Crippen LogP contribution in [0.4, 0.5) is 11.4 Å². The molecule has 0 heterocycles. The quantitative estimate of drug-likeness (QED) is 0.756. The standard InChI is InChI=1S/C14H14N2O/c1-10-4-3-5-12(8-10)15-16-13-9-11(2)6-7-14(13)17/h3-9,17H,1-2H3. The molecule has 0 fully saturated rings. The minimum atomic E-state index is 0.145. The van der Waals surface area contributed by atoms with Gasteiger partial charge in [0.1, 0.15) is 11.4 Å². The maximum atomic E-state index is 9.61. The number of nitrogens with zero attached hydrogens (tertiary/aromatic N) is 2. The molecule has 0 bridgehead atoms. The number of phenolic OH excluding ortho intramolecular Hbond substituents is 1. The second kappa shape index (κ2) is 4.78. The Bertz CT molecular complexity index is 562. The van der Waals surface area contributed by atoms with Gasteiger partial charge < -0.3 is 5.11 Å². The van der Waals surface area contributed by atoms with E-state index in [-0.39, 0.29) is 5.75 Å². The van der Waals surface area contributed by atoms with Crippen molar-refractivity contribution in [3.8, 4) is 5.75 Å². The van der Waals surface area contributed by atoms with E-state index in [1.807, 2.05) is 44.2 Å². The van der Waals surface area contributed by atoms with Crippen LogP contribution < -0.4 is 0 Å². The lowest BCUT2D eigenvalue weighted by Crippen LogP contribution is -1.72. The maximum Gasteiger partial charge on any atom is 0.143 e. The molecule has 0 aromatic heterocycles. The summed E-state index contributed by atoms with van der Waals surface area (Å²) < 4.78 is 0. The van der Waals surface area contributed by atoms with Crippen molar-refractivity contribution in [3.63, 3.8) is 0 Å². The van der Waals surface area contributed by atoms with Crippen LogP contribution in [0.25, 0.3) is 0 Å². The molecule has 0 unspecified atom stereocenters. The van der Waals surface area contributed by atoms with E-state index in [4.69, 9.17) is 0 Å². The van der Waals surface area contributed by atoms with E-state index in [1.54, 1.807) is 12.1 Å². The molecule has 0 aliphatic heterocycles. The zero-order valence-corrected chi connectivity index (χ0v) is 9.88. The molecule has 2 aromatic carbocycles. The Labute approximate surface area is 100 Å². The predicted molar refractivity (Wildman–Crippen MR) is 68.2 cm³/mol. The van der Waals surface area contributed by atoms with Crippen molar-refractivity contribution in [1.29, 1.82) is 0 Å². The first-order valence-corrected chi connectivity index (χ1v) is 5.43. The van der Waals surface area contributed by atoms with Crippen molar-refractivity contribution in [1.82, 2.24) is 0 Å². The van der Waals surface area contributed by atoms with Gasteiger partial charge in [0, 0.05) is 0 Å². The molecule has 3 heteroatoms. The molecule has 0 aliphatic rings. The summed E-state index contributed by atoms with van der Waals surface area (Å²) in [6.45, 7) is 3.95. The first-order chi connectivity index (χ1) is 8.15. The van der Waals surface area contributed by atoms with E-state index in [9.17, 15) is 5.11 Å². The van der Waals surface area contributed by atoms with Crippen LogP contribution in [0.15, 0.2) is 52.7 Å². The number of aryl methyl sites for hydroxylation is 2. The molecule has 1 N–H and O–H groups in total. The molecule has 2 rings (SSSR count). The summed E-state index contributed by atoms with van der Waals surface area (Å²) in [6.07, 6.45) is 0. The average Bonchev–Trinajstić information content (AvgIpc) is 2.30. The SMILES string of the molecule is Cc1cccc(N=Nc2cc(C)ccc2O)c1. The van der Waals surface area contributed by atoms with Gasteiger partial charge >= 0.3 is 0 Å². The highest BCUT2D eigenvalue weighted by atomic mass is 16.3. The Morgan fingerprint density at radius 2 is 1.65 bits per heavy atom. The second-order valence-electron chi connectivity index (χ2n) is 4.03. The third-order valence-electron chi connectivity index (χ3n) is 2.41. The summed E-state index contributed by atoms with van der Waals surface area (Å²) in [5, 5.41) is 17.8. The fourth-order valence-electron chi connectivity index (χ4n) is 1.52. The predicted octanol–water partition coefficient (Wildman–Crippen LogP) is 4.42. The lowest BCUT2D eigenvalue weighted by Gasteiger charge is -1.99. The molecule has 0 aliphatic carbocycles. The fraction of sp³-hybridized carbons (Fsp3) is 0.143. The number of rotatable bonds is 2. The number of aromatic hydroxyl groups is 1. The monoisotopic (exact) mass is 226 g/mol. The Balaban J connectivity index is 2.29. The molecule has 17 heavy (non-hydrogen) atoms. The minimum absolute atomic E-state index is 0.145. The summed E-state index contributed by atoms with van der Waals surface area (Å²) in [4.78, 5) is 0. The van der Waals surface area contributed by atoms with Crippen LogP contribution in [-0.4, -0.2) is 5.11 Å². The summed E-state index contributed by atoms with van der Waals surface area (Å²) in [6, 6.07) is 13.0. The van der Waals surface area contributed by atoms with Crippen molar-refractivity contribution in [3.05, 3.63) is 53.6 Å². The second-order valence-corrected chi connectivity index (χ2v) is 4.03. The third-order valence-corrected chi connectivity index (χ3v) is 2.41. The lowest BCUT2D eigenvalue weighted by molar-refractivity contribution is 0.476. The van der Waals surface area contributed by atoms with Crippen LogP contribution in [0, 0.1) is 13.8 Å². The normalized spacial score (nSPS) is 10.9. The Kier molecular flexibility index (Phi) is 3.19. The smallest absolute Gasteiger partial charge is 0.143 e. The third kappa shape index (κ3) is 2.91. The van der Waals surface area contributed by atoms with E-state index in [0.717, 1.165) is 16.8 Å². The van der Waals surface area contributed by atoms with Crippen LogP contribution in [0.1, 0.15) is 11.1 Å². The van der Waals surface area contributed by atoms with E-state index in [2.05, 4.69) is 10.2 Å². The highest BCUT2D eigenvalue weighted by Gasteiger charge is 1.99. The van der Waals surface area contributed by atoms with Crippen molar-refractivity contribution >= 4 is 11.4 Å². The van der Waals surface area contributed by atoms with Gasteiger partial charge in [-0.05, 0) is 49.2 Å². The van der Waals surface area contributed by atoms with Crippen LogP contribution in [0.3, 0.4) is 0 Å². The molecular formula is C14H14N2O. The number of hydrogen-bond acceptors (Lipinski definition) is 3. The largest absolute Gasteiger partial charge is 0.506 e. The van der Waals surface area contributed by atoms with Crippen LogP contribution >= 0.6 is 0 Å². The van der Waals surface area contributed by atoms with E-state index < -0.39 is 0 Å². The molecule has 0 atom stereocenters. The first kappa shape index (κ1) is 11.3. The van der Waals surface area contributed by atoms with Gasteiger partial charge in [0.05, 0.1) is 5.69 Å². The highest BCUT2D eigenvalue weighted by molar-refractivity contribution is 5.52. The zero-order valence-electron chi connectivity index (χ0n) is 9.88. The van der Waals surface area contributed by atoms with E-state index >= 15 is 0 Å². The van der Waals surface area contributed by atoms with Gasteiger partial charge in [0.15, 0.2) is 0 Å². The topological polar surface area (TPSA) is 45.0 Å². The molecule has 2 aromatic rings. The van der Waals surface area contributed by atoms with Gasteiger partial charge in [0.2, 0.25) is 0 Å². The van der Waals surface area contributed by atoms with Crippen LogP contribution in [0.2, 0.25) is 0 Å². The van der Waals surface area contributed by atoms with Gasteiger partial charge in [0.25, 0.3) is 0 Å². The summed E-state index contributed by atoms with van der Waals surface area (Å²) in [5.74, 6) is 0.145. The Morgan fingerprint density at radius 3 is 2.41 bits per heavy atom. The Morgan fingerprint density at radius 1 is 0.882 bits per heavy atom. The molecular weight excluding hydrogens is 212 g/mol. The summed E-state index contributed by atoms with van der Waals surface area (Å²) in [7, 11) is 0. The van der Waals surface area contributed by atoms with E-state index in [1.165, 1.54) is 0 Å². The van der Waals surface area contributed by atoms with Crippen LogP contribution in [-0.2, 0) is 0 Å². The van der Waals surface area contributed by atoms with Crippen molar-refractivity contribution in [2.24, 2.45) is 10.2 Å². The van der Waals surface area contributed by atoms with E-state index in [0.29, 0.717) is 5.69 Å². The lowest BCUT2D eigenvalue weighted by atomic mass is 10.2.